The molecule has 226 valence electrons. The second kappa shape index (κ2) is 10.6. The first-order chi connectivity index (χ1) is 23.1. The summed E-state index contributed by atoms with van der Waals surface area (Å²) in [6.45, 7) is 4.68. The van der Waals surface area contributed by atoms with Crippen LogP contribution in [0.1, 0.15) is 42.3 Å². The third kappa shape index (κ3) is 4.31. The molecule has 0 saturated heterocycles. The summed E-state index contributed by atoms with van der Waals surface area (Å²) < 4.78 is 2.29. The van der Waals surface area contributed by atoms with Gasteiger partial charge in [-0.25, -0.2) is 4.99 Å². The highest BCUT2D eigenvalue weighted by atomic mass is 15.3. The van der Waals surface area contributed by atoms with E-state index in [1.165, 1.54) is 33.3 Å². The predicted octanol–water partition coefficient (Wildman–Crippen LogP) is 9.86. The van der Waals surface area contributed by atoms with Crippen LogP contribution in [0.4, 0.5) is 17.1 Å². The van der Waals surface area contributed by atoms with Crippen molar-refractivity contribution in [3.05, 3.63) is 174 Å². The fourth-order valence-corrected chi connectivity index (χ4v) is 7.32. The molecule has 1 unspecified atom stereocenters. The van der Waals surface area contributed by atoms with Gasteiger partial charge >= 0.3 is 0 Å². The van der Waals surface area contributed by atoms with E-state index in [1.807, 2.05) is 24.3 Å². The highest BCUT2D eigenvalue weighted by Crippen LogP contribution is 2.53. The van der Waals surface area contributed by atoms with Crippen LogP contribution in [0.2, 0.25) is 0 Å². The van der Waals surface area contributed by atoms with Crippen molar-refractivity contribution in [3.8, 4) is 0 Å². The number of amidine groups is 1. The molecule has 1 N–H and O–H groups in total. The maximum Gasteiger partial charge on any atom is 0.211 e. The van der Waals surface area contributed by atoms with Gasteiger partial charge in [0.1, 0.15) is 6.17 Å². The molecule has 3 heterocycles. The van der Waals surface area contributed by atoms with Crippen molar-refractivity contribution >= 4 is 50.7 Å². The molecule has 0 spiro atoms. The molecule has 6 aromatic carbocycles. The predicted molar refractivity (Wildman–Crippen MR) is 194 cm³/mol. The van der Waals surface area contributed by atoms with Gasteiger partial charge in [0.15, 0.2) is 5.84 Å². The molecule has 0 radical (unpaired) electrons. The third-order valence-electron chi connectivity index (χ3n) is 9.63. The Morgan fingerprint density at radius 1 is 0.596 bits per heavy atom. The van der Waals surface area contributed by atoms with E-state index in [-0.39, 0.29) is 11.6 Å². The van der Waals surface area contributed by atoms with Crippen molar-refractivity contribution in [2.75, 3.05) is 4.90 Å². The molecule has 0 saturated carbocycles. The van der Waals surface area contributed by atoms with Crippen molar-refractivity contribution in [2.24, 2.45) is 9.98 Å². The minimum Gasteiger partial charge on any atom is -0.330 e. The number of fused-ring (bicyclic) bond motifs is 5. The van der Waals surface area contributed by atoms with E-state index in [4.69, 9.17) is 9.98 Å². The number of hydrogen-bond acceptors (Lipinski definition) is 4. The molecule has 1 aromatic heterocycles. The SMILES string of the molecule is CC1(C)c2ccccc2N(c2ccccc2)c2cc3c4ccccc4n(C4=NC(c5ccccc5)=NC(c5ccccc5)N4)c3cc21. The summed E-state index contributed by atoms with van der Waals surface area (Å²) in [5.41, 5.74) is 10.2. The molecule has 0 amide bonds. The van der Waals surface area contributed by atoms with Crippen LogP contribution >= 0.6 is 0 Å². The lowest BCUT2D eigenvalue weighted by Crippen LogP contribution is -2.37. The fraction of sp³-hybridized carbons (Fsp3) is 0.0952. The Labute approximate surface area is 274 Å². The number of hydrogen-bond donors (Lipinski definition) is 1. The van der Waals surface area contributed by atoms with E-state index < -0.39 is 0 Å². The fourth-order valence-electron chi connectivity index (χ4n) is 7.32. The lowest BCUT2D eigenvalue weighted by Gasteiger charge is -2.42. The highest BCUT2D eigenvalue weighted by Gasteiger charge is 2.38. The zero-order valence-electron chi connectivity index (χ0n) is 26.3. The normalized spacial score (nSPS) is 16.6. The minimum atomic E-state index is -0.287. The van der Waals surface area contributed by atoms with E-state index in [0.717, 1.165) is 33.8 Å². The van der Waals surface area contributed by atoms with Crippen molar-refractivity contribution in [3.63, 3.8) is 0 Å². The quantitative estimate of drug-likeness (QED) is 0.217. The largest absolute Gasteiger partial charge is 0.330 e. The van der Waals surface area contributed by atoms with Crippen LogP contribution in [0.3, 0.4) is 0 Å². The Balaban J connectivity index is 1.32. The molecule has 47 heavy (non-hydrogen) atoms. The molecule has 0 fully saturated rings. The summed E-state index contributed by atoms with van der Waals surface area (Å²) in [5, 5.41) is 6.08. The van der Waals surface area contributed by atoms with Crippen molar-refractivity contribution < 1.29 is 0 Å². The summed E-state index contributed by atoms with van der Waals surface area (Å²) in [6.07, 6.45) is -0.287. The Kier molecular flexibility index (Phi) is 6.15. The maximum atomic E-state index is 5.23. The molecule has 0 bridgehead atoms. The first kappa shape index (κ1) is 27.4. The zero-order valence-corrected chi connectivity index (χ0v) is 26.3. The van der Waals surface area contributed by atoms with E-state index in [0.29, 0.717) is 5.84 Å². The van der Waals surface area contributed by atoms with Gasteiger partial charge in [-0.15, -0.1) is 0 Å². The van der Waals surface area contributed by atoms with Crippen molar-refractivity contribution in [2.45, 2.75) is 25.4 Å². The summed E-state index contributed by atoms with van der Waals surface area (Å²) in [4.78, 5) is 12.7. The van der Waals surface area contributed by atoms with Crippen LogP contribution in [0.5, 0.6) is 0 Å². The number of nitrogens with zero attached hydrogens (tertiary/aromatic N) is 4. The van der Waals surface area contributed by atoms with Gasteiger partial charge in [-0.1, -0.05) is 129 Å². The number of nitrogens with one attached hydrogen (secondary N) is 1. The van der Waals surface area contributed by atoms with Crippen molar-refractivity contribution in [1.29, 1.82) is 0 Å². The summed E-state index contributed by atoms with van der Waals surface area (Å²) in [5.74, 6) is 1.47. The number of anilines is 3. The Hall–Kier alpha value is -5.94. The summed E-state index contributed by atoms with van der Waals surface area (Å²) >= 11 is 0. The van der Waals surface area contributed by atoms with Crippen LogP contribution in [0.25, 0.3) is 21.8 Å². The molecule has 0 aliphatic carbocycles. The van der Waals surface area contributed by atoms with Gasteiger partial charge in [0.25, 0.3) is 0 Å². The molecule has 2 aliphatic rings. The Morgan fingerprint density at radius 2 is 1.26 bits per heavy atom. The number of aromatic nitrogens is 1. The average Bonchev–Trinajstić information content (AvgIpc) is 3.46. The Bertz CT molecular complexity index is 2350. The van der Waals surface area contributed by atoms with Gasteiger partial charge in [-0.2, -0.15) is 4.99 Å². The first-order valence-corrected chi connectivity index (χ1v) is 16.1. The molecular weight excluding hydrogens is 574 g/mol. The molecule has 9 rings (SSSR count). The lowest BCUT2D eigenvalue weighted by atomic mass is 9.73. The monoisotopic (exact) mass is 607 g/mol. The molecular formula is C42H33N5. The zero-order chi connectivity index (χ0) is 31.5. The van der Waals surface area contributed by atoms with Crippen LogP contribution in [-0.4, -0.2) is 16.4 Å². The highest BCUT2D eigenvalue weighted by molar-refractivity contribution is 6.18. The van der Waals surface area contributed by atoms with E-state index in [9.17, 15) is 0 Å². The Morgan fingerprint density at radius 3 is 2.04 bits per heavy atom. The molecule has 2 aliphatic heterocycles. The first-order valence-electron chi connectivity index (χ1n) is 16.1. The molecule has 7 aromatic rings. The summed E-state index contributed by atoms with van der Waals surface area (Å²) in [7, 11) is 0. The van der Waals surface area contributed by atoms with Gasteiger partial charge < -0.3 is 10.2 Å². The lowest BCUT2D eigenvalue weighted by molar-refractivity contribution is 0.632. The van der Waals surface area contributed by atoms with Crippen LogP contribution in [0, 0.1) is 0 Å². The second-order valence-corrected chi connectivity index (χ2v) is 12.8. The number of benzene rings is 6. The third-order valence-corrected chi connectivity index (χ3v) is 9.63. The molecule has 5 nitrogen and oxygen atoms in total. The maximum absolute atomic E-state index is 5.23. The van der Waals surface area contributed by atoms with Crippen LogP contribution in [-0.2, 0) is 5.41 Å². The summed E-state index contributed by atoms with van der Waals surface area (Å²) in [6, 6.07) is 53.6. The van der Waals surface area contributed by atoms with E-state index in [1.54, 1.807) is 0 Å². The van der Waals surface area contributed by atoms with Gasteiger partial charge in [-0.3, -0.25) is 4.57 Å². The van der Waals surface area contributed by atoms with Gasteiger partial charge in [0.2, 0.25) is 5.96 Å². The van der Waals surface area contributed by atoms with Gasteiger partial charge in [-0.05, 0) is 53.1 Å². The van der Waals surface area contributed by atoms with E-state index in [2.05, 4.69) is 156 Å². The average molecular weight is 608 g/mol. The van der Waals surface area contributed by atoms with Gasteiger partial charge in [0.05, 0.1) is 22.4 Å². The van der Waals surface area contributed by atoms with Crippen LogP contribution in [0.15, 0.2) is 162 Å². The standard InChI is InChI=1S/C42H33N5/c1-42(2)33-23-13-15-25-36(33)46(30-20-10-5-11-21-30)38-26-32-31-22-12-14-24-35(31)47(37(32)27-34(38)42)41-44-39(28-16-6-3-7-17-28)43-40(45-41)29-18-8-4-9-19-29/h3-27,39H,1-2H3,(H,43,44,45). The van der Waals surface area contributed by atoms with Gasteiger partial charge in [0, 0.05) is 27.4 Å². The van der Waals surface area contributed by atoms with Crippen molar-refractivity contribution in [1.82, 2.24) is 9.88 Å². The van der Waals surface area contributed by atoms with E-state index >= 15 is 0 Å². The second-order valence-electron chi connectivity index (χ2n) is 12.8. The topological polar surface area (TPSA) is 44.9 Å². The van der Waals surface area contributed by atoms with Crippen LogP contribution < -0.4 is 10.2 Å². The number of para-hydroxylation sites is 3. The molecule has 5 heteroatoms. The smallest absolute Gasteiger partial charge is 0.211 e. The minimum absolute atomic E-state index is 0.238. The number of rotatable bonds is 3. The number of aliphatic imine (C=N–C) groups is 2. The molecule has 1 atom stereocenters.